The van der Waals surface area contributed by atoms with Gasteiger partial charge in [0.2, 0.25) is 0 Å². The quantitative estimate of drug-likeness (QED) is 0.333. The molecule has 1 aromatic heterocycles. The minimum absolute atomic E-state index is 0.346. The number of para-hydroxylation sites is 1. The Morgan fingerprint density at radius 1 is 0.879 bits per heavy atom. The van der Waals surface area contributed by atoms with E-state index in [1.807, 2.05) is 42.5 Å². The standard InChI is InChI=1S/C25H20ClN3O4/c1-32-19-13-12-16(14-20(19)33-2)22-21(26)25(31)28(22)29-23(15-8-4-3-5-9-15)27-18-11-7-6-10-17(18)24(29)30/h3-14,21-22H,1-2H3. The summed E-state index contributed by atoms with van der Waals surface area (Å²) in [5, 5.41) is 0.947. The van der Waals surface area contributed by atoms with E-state index in [4.69, 9.17) is 26.1 Å². The number of nitrogens with zero attached hydrogens (tertiary/aromatic N) is 3. The third-order valence-electron chi connectivity index (χ3n) is 5.75. The first-order chi connectivity index (χ1) is 16.0. The van der Waals surface area contributed by atoms with Crippen molar-refractivity contribution in [2.45, 2.75) is 11.4 Å². The fourth-order valence-electron chi connectivity index (χ4n) is 4.11. The summed E-state index contributed by atoms with van der Waals surface area (Å²) in [7, 11) is 3.09. The molecule has 2 heterocycles. The summed E-state index contributed by atoms with van der Waals surface area (Å²) < 4.78 is 12.1. The van der Waals surface area contributed by atoms with E-state index in [1.165, 1.54) is 16.8 Å². The van der Waals surface area contributed by atoms with E-state index in [9.17, 15) is 9.59 Å². The van der Waals surface area contributed by atoms with E-state index in [2.05, 4.69) is 0 Å². The number of amides is 1. The monoisotopic (exact) mass is 461 g/mol. The van der Waals surface area contributed by atoms with Crippen molar-refractivity contribution in [2.75, 3.05) is 19.2 Å². The Bertz CT molecular complexity index is 1420. The molecule has 2 atom stereocenters. The van der Waals surface area contributed by atoms with Crippen molar-refractivity contribution in [3.05, 3.63) is 88.7 Å². The number of hydrogen-bond donors (Lipinski definition) is 0. The molecule has 1 amide bonds. The number of benzene rings is 3. The Morgan fingerprint density at radius 2 is 1.58 bits per heavy atom. The lowest BCUT2D eigenvalue weighted by Gasteiger charge is -2.45. The van der Waals surface area contributed by atoms with Gasteiger partial charge in [0.15, 0.2) is 17.3 Å². The first-order valence-electron chi connectivity index (χ1n) is 10.3. The van der Waals surface area contributed by atoms with Gasteiger partial charge in [0.25, 0.3) is 11.5 Å². The Kier molecular flexibility index (Phi) is 5.26. The third-order valence-corrected chi connectivity index (χ3v) is 6.18. The molecule has 166 valence electrons. The van der Waals surface area contributed by atoms with E-state index < -0.39 is 11.4 Å². The van der Waals surface area contributed by atoms with Gasteiger partial charge in [-0.2, -0.15) is 4.68 Å². The number of hydrogen-bond acceptors (Lipinski definition) is 5. The van der Waals surface area contributed by atoms with Gasteiger partial charge < -0.3 is 9.47 Å². The number of fused-ring (bicyclic) bond motifs is 1. The van der Waals surface area contributed by atoms with Crippen molar-refractivity contribution in [1.82, 2.24) is 9.66 Å². The number of aromatic nitrogens is 2. The average molecular weight is 462 g/mol. The van der Waals surface area contributed by atoms with E-state index in [0.29, 0.717) is 39.4 Å². The normalized spacial score (nSPS) is 17.7. The van der Waals surface area contributed by atoms with Crippen LogP contribution < -0.4 is 20.0 Å². The summed E-state index contributed by atoms with van der Waals surface area (Å²) in [6.45, 7) is 0. The molecule has 1 aliphatic rings. The summed E-state index contributed by atoms with van der Waals surface area (Å²) in [4.78, 5) is 31.4. The van der Waals surface area contributed by atoms with Crippen LogP contribution in [0.5, 0.6) is 11.5 Å². The van der Waals surface area contributed by atoms with E-state index in [0.717, 1.165) is 0 Å². The molecule has 33 heavy (non-hydrogen) atoms. The molecule has 4 aromatic rings. The highest BCUT2D eigenvalue weighted by atomic mass is 35.5. The van der Waals surface area contributed by atoms with Crippen molar-refractivity contribution in [2.24, 2.45) is 0 Å². The number of alkyl halides is 1. The zero-order valence-electron chi connectivity index (χ0n) is 17.9. The van der Waals surface area contributed by atoms with Crippen LogP contribution in [0.3, 0.4) is 0 Å². The van der Waals surface area contributed by atoms with Crippen molar-refractivity contribution in [3.8, 4) is 22.9 Å². The van der Waals surface area contributed by atoms with Gasteiger partial charge in [-0.1, -0.05) is 48.5 Å². The Labute approximate surface area is 194 Å². The van der Waals surface area contributed by atoms with E-state index >= 15 is 0 Å². The van der Waals surface area contributed by atoms with E-state index in [-0.39, 0.29) is 11.5 Å². The van der Waals surface area contributed by atoms with Gasteiger partial charge in [0.05, 0.1) is 25.1 Å². The lowest BCUT2D eigenvalue weighted by molar-refractivity contribution is -0.126. The molecule has 3 aromatic carbocycles. The van der Waals surface area contributed by atoms with Crippen LogP contribution in [0.25, 0.3) is 22.3 Å². The predicted octanol–water partition coefficient (Wildman–Crippen LogP) is 3.91. The third kappa shape index (κ3) is 3.32. The summed E-state index contributed by atoms with van der Waals surface area (Å²) in [5.74, 6) is 1.04. The fraction of sp³-hybridized carbons (Fsp3) is 0.160. The summed E-state index contributed by atoms with van der Waals surface area (Å²) in [6.07, 6.45) is 0. The molecule has 0 N–H and O–H groups in total. The Balaban J connectivity index is 1.73. The highest BCUT2D eigenvalue weighted by molar-refractivity contribution is 6.36. The maximum absolute atomic E-state index is 13.7. The second-order valence-electron chi connectivity index (χ2n) is 7.58. The van der Waals surface area contributed by atoms with Crippen molar-refractivity contribution < 1.29 is 14.3 Å². The Morgan fingerprint density at radius 3 is 2.30 bits per heavy atom. The fourth-order valence-corrected chi connectivity index (χ4v) is 4.46. The smallest absolute Gasteiger partial charge is 0.280 e. The largest absolute Gasteiger partial charge is 0.493 e. The second-order valence-corrected chi connectivity index (χ2v) is 8.05. The van der Waals surface area contributed by atoms with Gasteiger partial charge in [-0.15, -0.1) is 11.6 Å². The van der Waals surface area contributed by atoms with Crippen LogP contribution in [0.15, 0.2) is 77.6 Å². The van der Waals surface area contributed by atoms with Crippen LogP contribution in [-0.4, -0.2) is 35.2 Å². The van der Waals surface area contributed by atoms with Crippen LogP contribution in [0.4, 0.5) is 0 Å². The molecular formula is C25H20ClN3O4. The SMILES string of the molecule is COc1ccc(C2C(Cl)C(=O)N2n2c(-c3ccccc3)nc3ccccc3c2=O)cc1OC. The predicted molar refractivity (Wildman–Crippen MR) is 127 cm³/mol. The maximum atomic E-state index is 13.7. The lowest BCUT2D eigenvalue weighted by Crippen LogP contribution is -2.64. The lowest BCUT2D eigenvalue weighted by atomic mass is 9.94. The molecule has 0 saturated carbocycles. The first-order valence-corrected chi connectivity index (χ1v) is 10.8. The number of carbonyl (C=O) groups excluding carboxylic acids is 1. The molecule has 1 aliphatic heterocycles. The van der Waals surface area contributed by atoms with Gasteiger partial charge in [-0.25, -0.2) is 9.99 Å². The molecule has 0 bridgehead atoms. The molecule has 1 saturated heterocycles. The highest BCUT2D eigenvalue weighted by Gasteiger charge is 2.50. The van der Waals surface area contributed by atoms with Crippen LogP contribution >= 0.6 is 11.6 Å². The number of halogens is 1. The van der Waals surface area contributed by atoms with Crippen molar-refractivity contribution in [1.29, 1.82) is 0 Å². The molecule has 0 aliphatic carbocycles. The van der Waals surface area contributed by atoms with Crippen molar-refractivity contribution in [3.63, 3.8) is 0 Å². The molecular weight excluding hydrogens is 442 g/mol. The van der Waals surface area contributed by atoms with Gasteiger partial charge in [-0.05, 0) is 29.8 Å². The summed E-state index contributed by atoms with van der Waals surface area (Å²) in [5.41, 5.74) is 1.63. The molecule has 2 unspecified atom stereocenters. The van der Waals surface area contributed by atoms with Crippen LogP contribution in [0, 0.1) is 0 Å². The summed E-state index contributed by atoms with van der Waals surface area (Å²) in [6, 6.07) is 21.1. The molecule has 0 spiro atoms. The van der Waals surface area contributed by atoms with Crippen LogP contribution in [0.1, 0.15) is 11.6 Å². The van der Waals surface area contributed by atoms with Crippen LogP contribution in [0.2, 0.25) is 0 Å². The number of carbonyl (C=O) groups is 1. The minimum Gasteiger partial charge on any atom is -0.493 e. The van der Waals surface area contributed by atoms with Gasteiger partial charge in [-0.3, -0.25) is 9.59 Å². The molecule has 0 radical (unpaired) electrons. The van der Waals surface area contributed by atoms with Crippen molar-refractivity contribution >= 4 is 28.4 Å². The van der Waals surface area contributed by atoms with Gasteiger partial charge >= 0.3 is 0 Å². The minimum atomic E-state index is -0.843. The molecule has 8 heteroatoms. The van der Waals surface area contributed by atoms with Crippen LogP contribution in [-0.2, 0) is 4.79 Å². The average Bonchev–Trinajstić information content (AvgIpc) is 2.87. The number of methoxy groups -OCH3 is 2. The van der Waals surface area contributed by atoms with E-state index in [1.54, 1.807) is 37.4 Å². The Hall–Kier alpha value is -3.84. The maximum Gasteiger partial charge on any atom is 0.280 e. The molecule has 5 rings (SSSR count). The number of ether oxygens (including phenoxy) is 2. The number of rotatable bonds is 5. The first kappa shape index (κ1) is 21.0. The highest BCUT2D eigenvalue weighted by Crippen LogP contribution is 2.41. The molecule has 1 fully saturated rings. The summed E-state index contributed by atoms with van der Waals surface area (Å²) >= 11 is 6.48. The van der Waals surface area contributed by atoms with Gasteiger partial charge in [0.1, 0.15) is 11.4 Å². The molecule has 7 nitrogen and oxygen atoms in total. The second kappa shape index (κ2) is 8.26. The topological polar surface area (TPSA) is 73.7 Å². The zero-order valence-corrected chi connectivity index (χ0v) is 18.7. The number of β-lactam (4-membered cyclic amide) rings is 1. The zero-order chi connectivity index (χ0) is 23.1. The van der Waals surface area contributed by atoms with Gasteiger partial charge in [0, 0.05) is 5.56 Å².